The molecule has 0 saturated carbocycles. The first-order chi connectivity index (χ1) is 7.26. The monoisotopic (exact) mass is 231 g/mol. The summed E-state index contributed by atoms with van der Waals surface area (Å²) in [4.78, 5) is 22.6. The molecule has 1 aliphatic rings. The highest BCUT2D eigenvalue weighted by Crippen LogP contribution is 2.17. The van der Waals surface area contributed by atoms with Gasteiger partial charge in [0, 0.05) is 6.54 Å². The third-order valence-electron chi connectivity index (χ3n) is 2.96. The quantitative estimate of drug-likeness (QED) is 0.340. The van der Waals surface area contributed by atoms with Gasteiger partial charge in [-0.2, -0.15) is 0 Å². The van der Waals surface area contributed by atoms with Gasteiger partial charge in [0.15, 0.2) is 11.4 Å². The molecule has 0 aromatic heterocycles. The molecule has 7 nitrogen and oxygen atoms in total. The number of hydrogen-bond donors (Lipinski definition) is 5. The minimum Gasteiger partial charge on any atom is -0.479 e. The van der Waals surface area contributed by atoms with E-state index in [2.05, 4.69) is 5.32 Å². The fraction of sp³-hybridized carbons (Fsp3) is 0.778. The summed E-state index contributed by atoms with van der Waals surface area (Å²) in [7, 11) is 0. The van der Waals surface area contributed by atoms with Crippen molar-refractivity contribution in [3.63, 3.8) is 0 Å². The van der Waals surface area contributed by atoms with Gasteiger partial charge in [-0.05, 0) is 6.42 Å². The Morgan fingerprint density at radius 3 is 2.44 bits per heavy atom. The van der Waals surface area contributed by atoms with Crippen LogP contribution in [0.1, 0.15) is 13.3 Å². The summed E-state index contributed by atoms with van der Waals surface area (Å²) in [5.41, 5.74) is 8.67. The van der Waals surface area contributed by atoms with Crippen molar-refractivity contribution in [3.8, 4) is 0 Å². The second-order valence-electron chi connectivity index (χ2n) is 4.21. The van der Waals surface area contributed by atoms with E-state index in [0.29, 0.717) is 6.54 Å². The molecule has 1 rings (SSSR count). The molecule has 1 unspecified atom stereocenters. The first-order valence-electron chi connectivity index (χ1n) is 5.03. The van der Waals surface area contributed by atoms with E-state index in [0.717, 1.165) is 0 Å². The van der Waals surface area contributed by atoms with Gasteiger partial charge in [0.1, 0.15) is 0 Å². The lowest BCUT2D eigenvalue weighted by Gasteiger charge is -2.27. The number of nitrogens with one attached hydrogen (secondary N) is 1. The highest BCUT2D eigenvalue weighted by Gasteiger charge is 2.43. The Kier molecular flexibility index (Phi) is 3.64. The molecule has 16 heavy (non-hydrogen) atoms. The van der Waals surface area contributed by atoms with Gasteiger partial charge in [-0.15, -0.1) is 0 Å². The average molecular weight is 231 g/mol. The van der Waals surface area contributed by atoms with Crippen molar-refractivity contribution in [1.82, 2.24) is 5.32 Å². The lowest BCUT2D eigenvalue weighted by atomic mass is 9.87. The van der Waals surface area contributed by atoms with Crippen LogP contribution in [-0.4, -0.2) is 46.3 Å². The number of Topliss-reactive ketones (excluding diaryl/α,β-unsaturated/α-hetero) is 1. The molecular formula is C9H17N3O4. The number of aliphatic hydroxyl groups excluding tert-OH is 1. The Balaban J connectivity index is 2.71. The van der Waals surface area contributed by atoms with Gasteiger partial charge in [0.05, 0.1) is 18.1 Å². The van der Waals surface area contributed by atoms with Gasteiger partial charge in [-0.1, -0.05) is 6.92 Å². The fourth-order valence-corrected chi connectivity index (χ4v) is 1.66. The molecular weight excluding hydrogens is 214 g/mol. The van der Waals surface area contributed by atoms with E-state index < -0.39 is 29.7 Å². The van der Waals surface area contributed by atoms with Crippen molar-refractivity contribution in [1.29, 1.82) is 0 Å². The number of carboxylic acid groups (broad SMARTS) is 1. The zero-order valence-corrected chi connectivity index (χ0v) is 9.01. The lowest BCUT2D eigenvalue weighted by molar-refractivity contribution is -0.148. The molecule has 1 heterocycles. The Morgan fingerprint density at radius 1 is 1.50 bits per heavy atom. The van der Waals surface area contributed by atoms with Crippen molar-refractivity contribution < 1.29 is 19.8 Å². The number of ketones is 1. The number of hydrogen-bond acceptors (Lipinski definition) is 6. The first-order valence-corrected chi connectivity index (χ1v) is 5.03. The third-order valence-corrected chi connectivity index (χ3v) is 2.96. The minimum atomic E-state index is -2.08. The number of carbonyl (C=O) groups is 2. The van der Waals surface area contributed by atoms with Gasteiger partial charge in [-0.25, -0.2) is 4.79 Å². The number of β-amino-alcohol motifs (C(OH)–C–C–N with tert-alkyl or cyclic N) is 1. The van der Waals surface area contributed by atoms with Crippen LogP contribution in [0.25, 0.3) is 0 Å². The van der Waals surface area contributed by atoms with E-state index in [4.69, 9.17) is 16.6 Å². The van der Waals surface area contributed by atoms with E-state index >= 15 is 0 Å². The molecule has 0 aromatic carbocycles. The van der Waals surface area contributed by atoms with Crippen molar-refractivity contribution in [3.05, 3.63) is 0 Å². The van der Waals surface area contributed by atoms with Crippen LogP contribution in [0.2, 0.25) is 0 Å². The van der Waals surface area contributed by atoms with Crippen LogP contribution in [0.15, 0.2) is 0 Å². The summed E-state index contributed by atoms with van der Waals surface area (Å²) in [5.74, 6) is -2.83. The molecule has 1 fully saturated rings. The van der Waals surface area contributed by atoms with E-state index in [1.54, 1.807) is 0 Å². The topological polar surface area (TPSA) is 139 Å². The number of aliphatic hydroxyl groups is 1. The largest absolute Gasteiger partial charge is 0.479 e. The van der Waals surface area contributed by atoms with E-state index in [9.17, 15) is 14.7 Å². The maximum atomic E-state index is 11.8. The smallest absolute Gasteiger partial charge is 0.339 e. The normalized spacial score (nSPS) is 27.8. The van der Waals surface area contributed by atoms with Crippen molar-refractivity contribution in [2.75, 3.05) is 6.54 Å². The third kappa shape index (κ3) is 2.38. The van der Waals surface area contributed by atoms with Gasteiger partial charge in [-0.3, -0.25) is 4.79 Å². The lowest BCUT2D eigenvalue weighted by Crippen LogP contribution is -2.64. The summed E-state index contributed by atoms with van der Waals surface area (Å²) in [6, 6.07) is -0.573. The first kappa shape index (κ1) is 13.0. The fourth-order valence-electron chi connectivity index (χ4n) is 1.66. The highest BCUT2D eigenvalue weighted by atomic mass is 16.4. The zero-order valence-electron chi connectivity index (χ0n) is 9.01. The molecule has 0 aromatic rings. The summed E-state index contributed by atoms with van der Waals surface area (Å²) >= 11 is 0. The molecule has 3 atom stereocenters. The highest BCUT2D eigenvalue weighted by molar-refractivity contribution is 5.93. The second-order valence-corrected chi connectivity index (χ2v) is 4.21. The van der Waals surface area contributed by atoms with Crippen LogP contribution < -0.4 is 16.8 Å². The minimum absolute atomic E-state index is 0.263. The zero-order chi connectivity index (χ0) is 12.5. The standard InChI is InChI=1S/C9H17N3O4/c1-4(9(10,11)8(15)16)7(14)6-2-5(13)3-12-6/h4-6,12-13H,2-3,10-11H2,1H3,(H,15,16)/t4?,5-,6+/m1/s1. The summed E-state index contributed by atoms with van der Waals surface area (Å²) < 4.78 is 0. The summed E-state index contributed by atoms with van der Waals surface area (Å²) in [6.45, 7) is 1.70. The van der Waals surface area contributed by atoms with Gasteiger partial charge in [0.2, 0.25) is 0 Å². The van der Waals surface area contributed by atoms with Gasteiger partial charge < -0.3 is 27.0 Å². The molecule has 7 N–H and O–H groups in total. The van der Waals surface area contributed by atoms with Crippen molar-refractivity contribution >= 4 is 11.8 Å². The molecule has 1 aliphatic heterocycles. The number of carbonyl (C=O) groups excluding carboxylic acids is 1. The number of rotatable bonds is 4. The molecule has 0 amide bonds. The maximum absolute atomic E-state index is 11.8. The molecule has 1 saturated heterocycles. The van der Waals surface area contributed by atoms with Crippen LogP contribution >= 0.6 is 0 Å². The van der Waals surface area contributed by atoms with Gasteiger partial charge >= 0.3 is 5.97 Å². The molecule has 92 valence electrons. The number of aliphatic carboxylic acids is 1. The predicted molar refractivity (Wildman–Crippen MR) is 55.3 cm³/mol. The predicted octanol–water partition coefficient (Wildman–Crippen LogP) is -2.39. The van der Waals surface area contributed by atoms with Crippen LogP contribution in [0, 0.1) is 5.92 Å². The summed E-state index contributed by atoms with van der Waals surface area (Å²) in [5, 5.41) is 20.8. The second kappa shape index (κ2) is 4.46. The SMILES string of the molecule is CC(C(=O)[C@@H]1C[C@@H](O)CN1)C(N)(N)C(=O)O. The van der Waals surface area contributed by atoms with Crippen molar-refractivity contribution in [2.45, 2.75) is 31.2 Å². The van der Waals surface area contributed by atoms with Crippen LogP contribution in [0.3, 0.4) is 0 Å². The molecule has 0 aliphatic carbocycles. The van der Waals surface area contributed by atoms with E-state index in [1.807, 2.05) is 0 Å². The number of carboxylic acids is 1. The van der Waals surface area contributed by atoms with Crippen molar-refractivity contribution in [2.24, 2.45) is 17.4 Å². The Hall–Kier alpha value is -1.02. The van der Waals surface area contributed by atoms with Crippen LogP contribution in [-0.2, 0) is 9.59 Å². The Labute approximate surface area is 92.8 Å². The Morgan fingerprint density at radius 2 is 2.06 bits per heavy atom. The average Bonchev–Trinajstić information content (AvgIpc) is 2.62. The van der Waals surface area contributed by atoms with Crippen LogP contribution in [0.5, 0.6) is 0 Å². The number of nitrogens with two attached hydrogens (primary N) is 2. The van der Waals surface area contributed by atoms with Gasteiger partial charge in [0.25, 0.3) is 0 Å². The van der Waals surface area contributed by atoms with Crippen LogP contribution in [0.4, 0.5) is 0 Å². The molecule has 7 heteroatoms. The Bertz CT molecular complexity index is 305. The summed E-state index contributed by atoms with van der Waals surface area (Å²) in [6.07, 6.45) is -0.324. The van der Waals surface area contributed by atoms with E-state index in [1.165, 1.54) is 6.92 Å². The molecule has 0 bridgehead atoms. The maximum Gasteiger partial charge on any atom is 0.339 e. The molecule has 0 radical (unpaired) electrons. The van der Waals surface area contributed by atoms with E-state index in [-0.39, 0.29) is 12.2 Å². The molecule has 0 spiro atoms.